The smallest absolute Gasteiger partial charge is 0.313 e. The number of aromatic nitrogens is 2. The van der Waals surface area contributed by atoms with E-state index in [4.69, 9.17) is 9.84 Å². The van der Waals surface area contributed by atoms with Gasteiger partial charge in [-0.15, -0.1) is 0 Å². The van der Waals surface area contributed by atoms with Crippen LogP contribution in [0.15, 0.2) is 35.4 Å². The molecule has 0 aliphatic carbocycles. The Hall–Kier alpha value is -1.79. The van der Waals surface area contributed by atoms with Crippen LogP contribution in [0.3, 0.4) is 0 Å². The molecule has 5 nitrogen and oxygen atoms in total. The van der Waals surface area contributed by atoms with Gasteiger partial charge in [0.15, 0.2) is 0 Å². The lowest BCUT2D eigenvalue weighted by molar-refractivity contribution is -0.133. The number of ether oxygens (including phenoxy) is 1. The van der Waals surface area contributed by atoms with Crippen LogP contribution in [0, 0.1) is 6.92 Å². The number of methoxy groups -OCH3 is 1. The summed E-state index contributed by atoms with van der Waals surface area (Å²) in [7, 11) is 1.61. The van der Waals surface area contributed by atoms with Crippen molar-refractivity contribution in [2.75, 3.05) is 12.9 Å². The number of hydrogen-bond donors (Lipinski definition) is 1. The van der Waals surface area contributed by atoms with E-state index in [2.05, 4.69) is 5.10 Å². The molecule has 0 aliphatic rings. The number of carbonyl (C=O) groups is 1. The molecule has 2 aromatic rings. The summed E-state index contributed by atoms with van der Waals surface area (Å²) in [5, 5.41) is 14.1. The third-order valence-corrected chi connectivity index (χ3v) is 3.59. The van der Waals surface area contributed by atoms with E-state index in [0.29, 0.717) is 6.61 Å². The van der Waals surface area contributed by atoms with Crippen molar-refractivity contribution in [2.45, 2.75) is 18.6 Å². The van der Waals surface area contributed by atoms with Gasteiger partial charge in [-0.1, -0.05) is 23.9 Å². The van der Waals surface area contributed by atoms with Crippen LogP contribution in [-0.4, -0.2) is 33.7 Å². The molecule has 1 heterocycles. The molecule has 0 radical (unpaired) electrons. The second-order valence-corrected chi connectivity index (χ2v) is 5.34. The first-order valence-corrected chi connectivity index (χ1v) is 7.08. The lowest BCUT2D eigenvalue weighted by Crippen LogP contribution is -2.02. The number of nitrogens with zero attached hydrogens (tertiary/aromatic N) is 2. The molecule has 6 heteroatoms. The highest BCUT2D eigenvalue weighted by molar-refractivity contribution is 7.99. The molecule has 0 fully saturated rings. The van der Waals surface area contributed by atoms with Gasteiger partial charge in [-0.25, -0.2) is 4.68 Å². The van der Waals surface area contributed by atoms with Crippen molar-refractivity contribution in [1.29, 1.82) is 0 Å². The minimum Gasteiger partial charge on any atom is -0.481 e. The zero-order valence-electron chi connectivity index (χ0n) is 11.4. The summed E-state index contributed by atoms with van der Waals surface area (Å²) in [6, 6.07) is 9.77. The second kappa shape index (κ2) is 6.58. The quantitative estimate of drug-likeness (QED) is 0.829. The number of aryl methyl sites for hydroxylation is 1. The van der Waals surface area contributed by atoms with E-state index in [1.165, 1.54) is 11.8 Å². The number of aliphatic carboxylic acids is 1. The zero-order valence-corrected chi connectivity index (χ0v) is 12.2. The largest absolute Gasteiger partial charge is 0.481 e. The highest BCUT2D eigenvalue weighted by Crippen LogP contribution is 2.23. The lowest BCUT2D eigenvalue weighted by atomic mass is 10.2. The summed E-state index contributed by atoms with van der Waals surface area (Å²) in [5.74, 6) is -0.843. The Morgan fingerprint density at radius 1 is 1.45 bits per heavy atom. The van der Waals surface area contributed by atoms with E-state index in [9.17, 15) is 4.79 Å². The van der Waals surface area contributed by atoms with Crippen LogP contribution >= 0.6 is 11.8 Å². The molecule has 1 N–H and O–H groups in total. The van der Waals surface area contributed by atoms with Crippen LogP contribution in [-0.2, 0) is 16.1 Å². The average molecular weight is 292 g/mol. The van der Waals surface area contributed by atoms with Crippen molar-refractivity contribution in [2.24, 2.45) is 0 Å². The Morgan fingerprint density at radius 2 is 2.25 bits per heavy atom. The van der Waals surface area contributed by atoms with Crippen LogP contribution in [0.2, 0.25) is 0 Å². The van der Waals surface area contributed by atoms with Crippen molar-refractivity contribution in [3.05, 3.63) is 41.6 Å². The van der Waals surface area contributed by atoms with Gasteiger partial charge in [0.1, 0.15) is 5.03 Å². The molecule has 0 unspecified atom stereocenters. The maximum atomic E-state index is 10.7. The fourth-order valence-corrected chi connectivity index (χ4v) is 2.57. The van der Waals surface area contributed by atoms with Crippen molar-refractivity contribution in [1.82, 2.24) is 9.78 Å². The van der Waals surface area contributed by atoms with Crippen molar-refractivity contribution < 1.29 is 14.6 Å². The molecular weight excluding hydrogens is 276 g/mol. The van der Waals surface area contributed by atoms with Crippen molar-refractivity contribution in [3.63, 3.8) is 0 Å². The van der Waals surface area contributed by atoms with E-state index in [-0.39, 0.29) is 5.75 Å². The molecule has 1 aromatic carbocycles. The first-order chi connectivity index (χ1) is 9.60. The van der Waals surface area contributed by atoms with E-state index in [1.807, 2.05) is 37.3 Å². The highest BCUT2D eigenvalue weighted by Gasteiger charge is 2.12. The van der Waals surface area contributed by atoms with Crippen LogP contribution in [0.1, 0.15) is 11.3 Å². The molecule has 106 valence electrons. The van der Waals surface area contributed by atoms with E-state index in [0.717, 1.165) is 22.0 Å². The third-order valence-electron chi connectivity index (χ3n) is 2.61. The topological polar surface area (TPSA) is 64.3 Å². The fourth-order valence-electron chi connectivity index (χ4n) is 1.81. The van der Waals surface area contributed by atoms with Crippen LogP contribution in [0.5, 0.6) is 0 Å². The monoisotopic (exact) mass is 292 g/mol. The molecule has 0 spiro atoms. The van der Waals surface area contributed by atoms with Crippen LogP contribution in [0.25, 0.3) is 5.69 Å². The van der Waals surface area contributed by atoms with Gasteiger partial charge in [-0.2, -0.15) is 5.10 Å². The third kappa shape index (κ3) is 3.61. The van der Waals surface area contributed by atoms with E-state index < -0.39 is 5.97 Å². The number of thioether (sulfide) groups is 1. The molecule has 20 heavy (non-hydrogen) atoms. The van der Waals surface area contributed by atoms with Gasteiger partial charge >= 0.3 is 5.97 Å². The number of rotatable bonds is 6. The number of carboxylic acid groups (broad SMARTS) is 1. The van der Waals surface area contributed by atoms with E-state index >= 15 is 0 Å². The minimum atomic E-state index is -0.847. The molecule has 2 rings (SSSR count). The Kier molecular flexibility index (Phi) is 4.81. The number of hydrogen-bond acceptors (Lipinski definition) is 4. The maximum absolute atomic E-state index is 10.7. The predicted octanol–water partition coefficient (Wildman–Crippen LogP) is 2.50. The predicted molar refractivity (Wildman–Crippen MR) is 77.4 cm³/mol. The summed E-state index contributed by atoms with van der Waals surface area (Å²) in [5.41, 5.74) is 2.82. The summed E-state index contributed by atoms with van der Waals surface area (Å²) in [6.07, 6.45) is 0. The standard InChI is InChI=1S/C14H16N2O3S/c1-10-4-3-5-12(6-10)16-13(20-9-14(17)18)7-11(15-16)8-19-2/h3-7H,8-9H2,1-2H3,(H,17,18). The summed E-state index contributed by atoms with van der Waals surface area (Å²) < 4.78 is 6.84. The van der Waals surface area contributed by atoms with Gasteiger partial charge in [0.25, 0.3) is 0 Å². The second-order valence-electron chi connectivity index (χ2n) is 4.34. The molecule has 0 aliphatic heterocycles. The fraction of sp³-hybridized carbons (Fsp3) is 0.286. The molecule has 0 saturated heterocycles. The van der Waals surface area contributed by atoms with E-state index in [1.54, 1.807) is 11.8 Å². The van der Waals surface area contributed by atoms with Crippen LogP contribution < -0.4 is 0 Å². The lowest BCUT2D eigenvalue weighted by Gasteiger charge is -2.06. The Morgan fingerprint density at radius 3 is 2.90 bits per heavy atom. The molecule has 0 bridgehead atoms. The van der Waals surface area contributed by atoms with Gasteiger partial charge in [-0.05, 0) is 30.7 Å². The maximum Gasteiger partial charge on any atom is 0.313 e. The highest BCUT2D eigenvalue weighted by atomic mass is 32.2. The molecule has 0 saturated carbocycles. The summed E-state index contributed by atoms with van der Waals surface area (Å²) >= 11 is 1.25. The van der Waals surface area contributed by atoms with Crippen molar-refractivity contribution in [3.8, 4) is 5.69 Å². The Balaban J connectivity index is 2.35. The molecule has 0 amide bonds. The zero-order chi connectivity index (χ0) is 14.5. The minimum absolute atomic E-state index is 0.00390. The number of benzene rings is 1. The van der Waals surface area contributed by atoms with Gasteiger partial charge < -0.3 is 9.84 Å². The van der Waals surface area contributed by atoms with Gasteiger partial charge in [-0.3, -0.25) is 4.79 Å². The molecule has 0 atom stereocenters. The normalized spacial score (nSPS) is 10.7. The Labute approximate surface area is 121 Å². The van der Waals surface area contributed by atoms with Gasteiger partial charge in [0.2, 0.25) is 0 Å². The van der Waals surface area contributed by atoms with Crippen LogP contribution in [0.4, 0.5) is 0 Å². The SMILES string of the molecule is COCc1cc(SCC(=O)O)n(-c2cccc(C)c2)n1. The molecular formula is C14H16N2O3S. The molecule has 1 aromatic heterocycles. The number of carboxylic acids is 1. The Bertz CT molecular complexity index is 610. The van der Waals surface area contributed by atoms with Crippen molar-refractivity contribution >= 4 is 17.7 Å². The average Bonchev–Trinajstić information content (AvgIpc) is 2.80. The summed E-state index contributed by atoms with van der Waals surface area (Å²) in [4.78, 5) is 10.7. The summed E-state index contributed by atoms with van der Waals surface area (Å²) in [6.45, 7) is 2.41. The first-order valence-electron chi connectivity index (χ1n) is 6.09. The van der Waals surface area contributed by atoms with Gasteiger partial charge in [0, 0.05) is 7.11 Å². The first kappa shape index (κ1) is 14.6. The van der Waals surface area contributed by atoms with Gasteiger partial charge in [0.05, 0.1) is 23.7 Å².